The Kier molecular flexibility index (Phi) is 6.15. The van der Waals surface area contributed by atoms with E-state index in [1.165, 1.54) is 26.8 Å². The third kappa shape index (κ3) is 4.39. The Morgan fingerprint density at radius 3 is 2.97 bits per heavy atom. The smallest absolute Gasteiger partial charge is 0.124 e. The highest BCUT2D eigenvalue weighted by molar-refractivity contribution is 7.17. The number of β-amino-alcohol motifs (C(OH)–C–C–N with tert-alkyl or cyclic N) is 1. The van der Waals surface area contributed by atoms with Crippen LogP contribution in [0.5, 0.6) is 5.75 Å². The van der Waals surface area contributed by atoms with Crippen LogP contribution in [0.15, 0.2) is 41.8 Å². The van der Waals surface area contributed by atoms with Gasteiger partial charge in [0.15, 0.2) is 0 Å². The first kappa shape index (κ1) is 21.7. The molecule has 2 aromatic carbocycles. The summed E-state index contributed by atoms with van der Waals surface area (Å²) in [7, 11) is 0. The average Bonchev–Trinajstić information content (AvgIpc) is 3.35. The summed E-state index contributed by atoms with van der Waals surface area (Å²) in [5, 5.41) is 17.8. The van der Waals surface area contributed by atoms with E-state index in [1.54, 1.807) is 0 Å². The van der Waals surface area contributed by atoms with E-state index in [-0.39, 0.29) is 0 Å². The van der Waals surface area contributed by atoms with E-state index in [2.05, 4.69) is 60.6 Å². The molecule has 1 saturated heterocycles. The summed E-state index contributed by atoms with van der Waals surface area (Å²) >= 11 is 1.84. The molecule has 4 atom stereocenters. The van der Waals surface area contributed by atoms with Gasteiger partial charge >= 0.3 is 0 Å². The molecule has 0 amide bonds. The second-order valence-electron chi connectivity index (χ2n) is 9.74. The SMILES string of the molecule is Cc1csc2ccc([C@@H]3CCN(C[C@H](O)COc4cccc5c4CC(C)N5)[C@@H](C)C3)cc12. The highest BCUT2D eigenvalue weighted by atomic mass is 32.1. The van der Waals surface area contributed by atoms with E-state index in [0.717, 1.165) is 37.2 Å². The molecule has 3 heterocycles. The van der Waals surface area contributed by atoms with Gasteiger partial charge in [-0.2, -0.15) is 0 Å². The Morgan fingerprint density at radius 2 is 2.12 bits per heavy atom. The molecule has 1 fully saturated rings. The number of aliphatic hydroxyl groups excluding tert-OH is 1. The number of piperidine rings is 1. The predicted molar refractivity (Wildman–Crippen MR) is 134 cm³/mol. The Labute approximate surface area is 195 Å². The number of aryl methyl sites for hydroxylation is 1. The van der Waals surface area contributed by atoms with Crippen molar-refractivity contribution in [3.8, 4) is 5.75 Å². The monoisotopic (exact) mass is 450 g/mol. The minimum Gasteiger partial charge on any atom is -0.490 e. The number of likely N-dealkylation sites (tertiary alicyclic amines) is 1. The zero-order valence-corrected chi connectivity index (χ0v) is 20.1. The second-order valence-corrected chi connectivity index (χ2v) is 10.6. The van der Waals surface area contributed by atoms with Crippen LogP contribution in [-0.2, 0) is 6.42 Å². The van der Waals surface area contributed by atoms with Crippen molar-refractivity contribution >= 4 is 27.1 Å². The summed E-state index contributed by atoms with van der Waals surface area (Å²) in [6, 6.07) is 14.0. The van der Waals surface area contributed by atoms with E-state index in [1.807, 2.05) is 23.5 Å². The van der Waals surface area contributed by atoms with Gasteiger partial charge in [0.05, 0.1) is 0 Å². The van der Waals surface area contributed by atoms with Crippen LogP contribution in [0.1, 0.15) is 49.3 Å². The van der Waals surface area contributed by atoms with Crippen LogP contribution in [0.25, 0.3) is 10.1 Å². The first-order valence-electron chi connectivity index (χ1n) is 11.9. The molecule has 1 unspecified atom stereocenters. The zero-order chi connectivity index (χ0) is 22.2. The number of thiophene rings is 1. The van der Waals surface area contributed by atoms with Gasteiger partial charge in [-0.15, -0.1) is 11.3 Å². The van der Waals surface area contributed by atoms with E-state index >= 15 is 0 Å². The summed E-state index contributed by atoms with van der Waals surface area (Å²) in [4.78, 5) is 2.43. The number of hydrogen-bond donors (Lipinski definition) is 2. The molecule has 0 saturated carbocycles. The van der Waals surface area contributed by atoms with Crippen molar-refractivity contribution in [1.82, 2.24) is 4.90 Å². The lowest BCUT2D eigenvalue weighted by Crippen LogP contribution is -2.45. The molecule has 2 aliphatic heterocycles. The minimum absolute atomic E-state index is 0.339. The molecule has 170 valence electrons. The van der Waals surface area contributed by atoms with Crippen molar-refractivity contribution < 1.29 is 9.84 Å². The fraction of sp³-hybridized carbons (Fsp3) is 0.481. The number of ether oxygens (including phenoxy) is 1. The quantitative estimate of drug-likeness (QED) is 0.515. The predicted octanol–water partition coefficient (Wildman–Crippen LogP) is 5.57. The Balaban J connectivity index is 1.16. The Bertz CT molecular complexity index is 1090. The second kappa shape index (κ2) is 9.05. The molecule has 0 bridgehead atoms. The van der Waals surface area contributed by atoms with Crippen molar-refractivity contribution in [3.63, 3.8) is 0 Å². The fourth-order valence-corrected chi connectivity index (χ4v) is 6.33. The Morgan fingerprint density at radius 1 is 1.25 bits per heavy atom. The fourth-order valence-electron chi connectivity index (χ4n) is 5.40. The van der Waals surface area contributed by atoms with Gasteiger partial charge in [-0.05, 0) is 98.7 Å². The lowest BCUT2D eigenvalue weighted by atomic mass is 9.85. The average molecular weight is 451 g/mol. The molecule has 4 nitrogen and oxygen atoms in total. The summed E-state index contributed by atoms with van der Waals surface area (Å²) in [6.07, 6.45) is 2.77. The van der Waals surface area contributed by atoms with Crippen molar-refractivity contribution in [2.75, 3.05) is 25.0 Å². The number of fused-ring (bicyclic) bond motifs is 2. The largest absolute Gasteiger partial charge is 0.490 e. The maximum atomic E-state index is 10.7. The van der Waals surface area contributed by atoms with Crippen molar-refractivity contribution in [2.45, 2.75) is 64.1 Å². The molecule has 2 aliphatic rings. The molecular formula is C27H34N2O2S. The summed E-state index contributed by atoms with van der Waals surface area (Å²) < 4.78 is 7.44. The number of anilines is 1. The standard InChI is InChI=1S/C27H34N2O2S/c1-17-16-32-27-8-7-20(13-23(17)27)21-9-10-29(19(3)12-21)14-22(30)15-31-26-6-4-5-25-24(26)11-18(2)28-25/h4-8,13,16,18-19,21-22,28,30H,9-12,14-15H2,1-3H3/t18?,19-,21+,22-/m0/s1. The van der Waals surface area contributed by atoms with Crippen LogP contribution in [0.2, 0.25) is 0 Å². The maximum Gasteiger partial charge on any atom is 0.124 e. The molecule has 0 radical (unpaired) electrons. The van der Waals surface area contributed by atoms with Gasteiger partial charge in [0.2, 0.25) is 0 Å². The van der Waals surface area contributed by atoms with Gasteiger partial charge in [0.25, 0.3) is 0 Å². The van der Waals surface area contributed by atoms with Crippen molar-refractivity contribution in [1.29, 1.82) is 0 Å². The molecule has 32 heavy (non-hydrogen) atoms. The zero-order valence-electron chi connectivity index (χ0n) is 19.3. The van der Waals surface area contributed by atoms with Crippen LogP contribution in [0.4, 0.5) is 5.69 Å². The molecule has 5 heteroatoms. The lowest BCUT2D eigenvalue weighted by molar-refractivity contribution is 0.0400. The summed E-state index contributed by atoms with van der Waals surface area (Å²) in [6.45, 7) is 8.71. The van der Waals surface area contributed by atoms with Crippen LogP contribution in [0, 0.1) is 6.92 Å². The molecular weight excluding hydrogens is 416 g/mol. The highest BCUT2D eigenvalue weighted by Gasteiger charge is 2.28. The molecule has 5 rings (SSSR count). The van der Waals surface area contributed by atoms with E-state index in [9.17, 15) is 5.11 Å². The highest BCUT2D eigenvalue weighted by Crippen LogP contribution is 2.36. The normalized spacial score (nSPS) is 24.3. The Hall–Kier alpha value is -2.08. The third-order valence-electron chi connectivity index (χ3n) is 7.20. The molecule has 3 aromatic rings. The van der Waals surface area contributed by atoms with Gasteiger partial charge in [-0.25, -0.2) is 0 Å². The van der Waals surface area contributed by atoms with Gasteiger partial charge in [0.1, 0.15) is 18.5 Å². The summed E-state index contributed by atoms with van der Waals surface area (Å²) in [5.41, 5.74) is 5.25. The number of aliphatic hydroxyl groups is 1. The molecule has 1 aromatic heterocycles. The number of benzene rings is 2. The molecule has 0 aliphatic carbocycles. The molecule has 0 spiro atoms. The van der Waals surface area contributed by atoms with Crippen LogP contribution < -0.4 is 10.1 Å². The molecule has 2 N–H and O–H groups in total. The van der Waals surface area contributed by atoms with E-state index < -0.39 is 6.10 Å². The van der Waals surface area contributed by atoms with E-state index in [0.29, 0.717) is 31.2 Å². The van der Waals surface area contributed by atoms with Crippen LogP contribution in [0.3, 0.4) is 0 Å². The maximum absolute atomic E-state index is 10.7. The number of rotatable bonds is 6. The minimum atomic E-state index is -0.485. The summed E-state index contributed by atoms with van der Waals surface area (Å²) in [5.74, 6) is 1.50. The van der Waals surface area contributed by atoms with Gasteiger partial charge in [-0.3, -0.25) is 4.90 Å². The topological polar surface area (TPSA) is 44.7 Å². The van der Waals surface area contributed by atoms with Gasteiger partial charge in [-0.1, -0.05) is 12.1 Å². The number of hydrogen-bond acceptors (Lipinski definition) is 5. The van der Waals surface area contributed by atoms with Crippen LogP contribution >= 0.6 is 11.3 Å². The van der Waals surface area contributed by atoms with Gasteiger partial charge < -0.3 is 15.2 Å². The van der Waals surface area contributed by atoms with Crippen molar-refractivity contribution in [2.24, 2.45) is 0 Å². The lowest BCUT2D eigenvalue weighted by Gasteiger charge is -2.39. The van der Waals surface area contributed by atoms with Crippen LogP contribution in [-0.4, -0.2) is 47.9 Å². The first-order chi connectivity index (χ1) is 15.5. The van der Waals surface area contributed by atoms with Crippen molar-refractivity contribution in [3.05, 3.63) is 58.5 Å². The van der Waals surface area contributed by atoms with Gasteiger partial charge in [0, 0.05) is 34.6 Å². The number of nitrogens with one attached hydrogen (secondary N) is 1. The number of nitrogens with zero attached hydrogens (tertiary/aromatic N) is 1. The van der Waals surface area contributed by atoms with E-state index in [4.69, 9.17) is 4.74 Å². The third-order valence-corrected chi connectivity index (χ3v) is 8.28. The first-order valence-corrected chi connectivity index (χ1v) is 12.8.